The lowest BCUT2D eigenvalue weighted by Crippen LogP contribution is -1.99. The molecule has 8 rings (SSSR count). The van der Waals surface area contributed by atoms with Gasteiger partial charge in [-0.05, 0) is 102 Å². The van der Waals surface area contributed by atoms with Crippen LogP contribution >= 0.6 is 0 Å². The van der Waals surface area contributed by atoms with Crippen LogP contribution in [0.2, 0.25) is 0 Å². The number of aromatic nitrogens is 1. The molecule has 0 atom stereocenters. The van der Waals surface area contributed by atoms with Gasteiger partial charge in [-0.1, -0.05) is 198 Å². The highest BCUT2D eigenvalue weighted by atomic mass is 15.0. The Labute approximate surface area is 331 Å². The molecule has 0 amide bonds. The van der Waals surface area contributed by atoms with Gasteiger partial charge in [0.1, 0.15) is 0 Å². The van der Waals surface area contributed by atoms with E-state index in [1.54, 1.807) is 0 Å². The zero-order chi connectivity index (χ0) is 38.4. The van der Waals surface area contributed by atoms with E-state index in [4.69, 9.17) is 0 Å². The van der Waals surface area contributed by atoms with Gasteiger partial charge in [0, 0.05) is 28.4 Å². The van der Waals surface area contributed by atoms with Gasteiger partial charge in [-0.2, -0.15) is 0 Å². The number of fused-ring (bicyclic) bond motifs is 3. The summed E-state index contributed by atoms with van der Waals surface area (Å²) in [6, 6.07) is 59.8. The number of aryl methyl sites for hydroxylation is 4. The first-order chi connectivity index (χ1) is 27.4. The van der Waals surface area contributed by atoms with Gasteiger partial charge in [0.15, 0.2) is 0 Å². The van der Waals surface area contributed by atoms with Gasteiger partial charge < -0.3 is 4.57 Å². The van der Waals surface area contributed by atoms with Crippen LogP contribution in [0.25, 0.3) is 45.1 Å². The normalized spacial score (nSPS) is 11.5. The van der Waals surface area contributed by atoms with Crippen molar-refractivity contribution in [3.8, 4) is 0 Å². The highest BCUT2D eigenvalue weighted by molar-refractivity contribution is 6.09. The Morgan fingerprint density at radius 3 is 1.12 bits per heavy atom. The van der Waals surface area contributed by atoms with Gasteiger partial charge in [0.25, 0.3) is 0 Å². The van der Waals surface area contributed by atoms with Crippen molar-refractivity contribution < 1.29 is 0 Å². The lowest BCUT2D eigenvalue weighted by molar-refractivity contribution is 0.869. The first-order valence-corrected chi connectivity index (χ1v) is 19.5. The molecule has 0 aliphatic heterocycles. The molecule has 0 N–H and O–H groups in total. The summed E-state index contributed by atoms with van der Waals surface area (Å²) in [6.07, 6.45) is 13.3. The molecule has 1 heterocycles. The third-order valence-electron chi connectivity index (χ3n) is 10.6. The van der Waals surface area contributed by atoms with Crippen molar-refractivity contribution in [3.63, 3.8) is 0 Å². The van der Waals surface area contributed by atoms with Crippen LogP contribution in [0.1, 0.15) is 61.2 Å². The monoisotopic (exact) mass is 721 g/mol. The summed E-state index contributed by atoms with van der Waals surface area (Å²) in [5.41, 5.74) is 18.4. The molecule has 0 aliphatic carbocycles. The summed E-state index contributed by atoms with van der Waals surface area (Å²) in [4.78, 5) is 0. The molecule has 56 heavy (non-hydrogen) atoms. The zero-order valence-electron chi connectivity index (χ0n) is 32.7. The summed E-state index contributed by atoms with van der Waals surface area (Å²) >= 11 is 0. The van der Waals surface area contributed by atoms with Gasteiger partial charge in [-0.3, -0.25) is 0 Å². The first-order valence-electron chi connectivity index (χ1n) is 19.5. The highest BCUT2D eigenvalue weighted by Gasteiger charge is 2.13. The van der Waals surface area contributed by atoms with Crippen molar-refractivity contribution in [2.45, 2.75) is 34.2 Å². The van der Waals surface area contributed by atoms with E-state index in [0.717, 1.165) is 6.54 Å². The topological polar surface area (TPSA) is 4.93 Å². The molecule has 0 bridgehead atoms. The Kier molecular flexibility index (Phi) is 10.6. The molecule has 0 fully saturated rings. The smallest absolute Gasteiger partial charge is 0.0494 e. The molecule has 1 heteroatoms. The van der Waals surface area contributed by atoms with E-state index in [1.165, 1.54) is 94.2 Å². The predicted molar refractivity (Wildman–Crippen MR) is 242 cm³/mol. The SMILES string of the molecule is Cc1ccc(C(=CC=Cc2ccc3c(c2)c2cc(C=CC=C(c4ccc(C)cc4)c4ccc(C)cc4)ccc2n3Cc2ccccc2)c2ccc(C)cc2)cc1. The second-order valence-electron chi connectivity index (χ2n) is 15.0. The number of nitrogens with zero attached hydrogens (tertiary/aromatic N) is 1. The summed E-state index contributed by atoms with van der Waals surface area (Å²) in [6.45, 7) is 9.35. The molecule has 0 unspecified atom stereocenters. The van der Waals surface area contributed by atoms with Crippen molar-refractivity contribution >= 4 is 45.1 Å². The average molecular weight is 722 g/mol. The van der Waals surface area contributed by atoms with Crippen LogP contribution in [-0.2, 0) is 6.54 Å². The molecule has 0 saturated carbocycles. The number of allylic oxidation sites excluding steroid dienone is 4. The fourth-order valence-corrected chi connectivity index (χ4v) is 7.44. The molecular formula is C55H47N. The van der Waals surface area contributed by atoms with E-state index < -0.39 is 0 Å². The molecule has 0 spiro atoms. The van der Waals surface area contributed by atoms with Crippen LogP contribution < -0.4 is 0 Å². The van der Waals surface area contributed by atoms with Crippen LogP contribution in [0.4, 0.5) is 0 Å². The van der Waals surface area contributed by atoms with Gasteiger partial charge in [-0.25, -0.2) is 0 Å². The minimum Gasteiger partial charge on any atom is -0.336 e. The maximum Gasteiger partial charge on any atom is 0.0494 e. The number of benzene rings is 7. The van der Waals surface area contributed by atoms with Crippen LogP contribution in [0.5, 0.6) is 0 Å². The third kappa shape index (κ3) is 8.19. The van der Waals surface area contributed by atoms with E-state index >= 15 is 0 Å². The third-order valence-corrected chi connectivity index (χ3v) is 10.6. The lowest BCUT2D eigenvalue weighted by Gasteiger charge is -2.09. The average Bonchev–Trinajstić information content (AvgIpc) is 3.52. The number of hydrogen-bond donors (Lipinski definition) is 0. The van der Waals surface area contributed by atoms with Crippen molar-refractivity contribution in [2.24, 2.45) is 0 Å². The summed E-state index contributed by atoms with van der Waals surface area (Å²) < 4.78 is 2.46. The van der Waals surface area contributed by atoms with Gasteiger partial charge in [0.05, 0.1) is 0 Å². The molecule has 272 valence electrons. The Morgan fingerprint density at radius 2 is 0.768 bits per heavy atom. The lowest BCUT2D eigenvalue weighted by atomic mass is 9.96. The highest BCUT2D eigenvalue weighted by Crippen LogP contribution is 2.33. The quantitative estimate of drug-likeness (QED) is 0.124. The van der Waals surface area contributed by atoms with Crippen molar-refractivity contribution in [3.05, 3.63) is 249 Å². The molecule has 0 saturated heterocycles. The van der Waals surface area contributed by atoms with Gasteiger partial charge >= 0.3 is 0 Å². The minimum atomic E-state index is 0.809. The summed E-state index contributed by atoms with van der Waals surface area (Å²) in [5, 5.41) is 2.51. The largest absolute Gasteiger partial charge is 0.336 e. The molecule has 7 aromatic carbocycles. The Hall–Kier alpha value is -6.70. The maximum atomic E-state index is 2.46. The minimum absolute atomic E-state index is 0.809. The first kappa shape index (κ1) is 36.3. The van der Waals surface area contributed by atoms with Gasteiger partial charge in [0.2, 0.25) is 0 Å². The number of rotatable bonds is 10. The predicted octanol–water partition coefficient (Wildman–Crippen LogP) is 14.4. The van der Waals surface area contributed by atoms with Gasteiger partial charge in [-0.15, -0.1) is 0 Å². The van der Waals surface area contributed by atoms with E-state index in [0.29, 0.717) is 0 Å². The van der Waals surface area contributed by atoms with E-state index in [1.807, 2.05) is 0 Å². The maximum absolute atomic E-state index is 2.46. The standard InChI is InChI=1S/C55H47N/c1-39-16-26-46(27-17-39)50(47-28-18-40(2)19-29-47)14-8-12-43-24-34-54-52(36-43)53-37-44(25-35-55(53)56(54)38-45-10-6-5-7-11-45)13-9-15-51(48-30-20-41(3)21-31-48)49-32-22-42(4)23-33-49/h5-37H,38H2,1-4H3. The van der Waals surface area contributed by atoms with Crippen LogP contribution in [0.3, 0.4) is 0 Å². The Bertz CT molecular complexity index is 2470. The Balaban J connectivity index is 1.18. The summed E-state index contributed by atoms with van der Waals surface area (Å²) in [5.74, 6) is 0. The molecule has 1 nitrogen and oxygen atoms in total. The Morgan fingerprint density at radius 1 is 0.411 bits per heavy atom. The number of hydrogen-bond acceptors (Lipinski definition) is 0. The zero-order valence-corrected chi connectivity index (χ0v) is 32.7. The molecule has 0 radical (unpaired) electrons. The summed E-state index contributed by atoms with van der Waals surface area (Å²) in [7, 11) is 0. The fraction of sp³-hybridized carbons (Fsp3) is 0.0909. The second-order valence-corrected chi connectivity index (χ2v) is 15.0. The fourth-order valence-electron chi connectivity index (χ4n) is 7.44. The van der Waals surface area contributed by atoms with Crippen molar-refractivity contribution in [1.29, 1.82) is 0 Å². The van der Waals surface area contributed by atoms with Crippen molar-refractivity contribution in [1.82, 2.24) is 4.57 Å². The molecule has 1 aromatic heterocycles. The molecule has 8 aromatic rings. The van der Waals surface area contributed by atoms with E-state index in [-0.39, 0.29) is 0 Å². The van der Waals surface area contributed by atoms with Crippen molar-refractivity contribution in [2.75, 3.05) is 0 Å². The van der Waals surface area contributed by atoms with Crippen LogP contribution in [0, 0.1) is 27.7 Å². The van der Waals surface area contributed by atoms with Crippen LogP contribution in [0.15, 0.2) is 188 Å². The molecular weight excluding hydrogens is 675 g/mol. The molecule has 0 aliphatic rings. The second kappa shape index (κ2) is 16.3. The van der Waals surface area contributed by atoms with E-state index in [9.17, 15) is 0 Å². The van der Waals surface area contributed by atoms with E-state index in [2.05, 4.69) is 233 Å². The van der Waals surface area contributed by atoms with Crippen LogP contribution in [-0.4, -0.2) is 4.57 Å².